The molecule has 0 unspecified atom stereocenters. The Bertz CT molecular complexity index is 1370. The summed E-state index contributed by atoms with van der Waals surface area (Å²) in [4.78, 5) is 31.1. The van der Waals surface area contributed by atoms with Gasteiger partial charge >= 0.3 is 5.69 Å². The minimum atomic E-state index is -0.503. The molecule has 0 atom stereocenters. The molecule has 9 heteroatoms. The first-order chi connectivity index (χ1) is 16.1. The van der Waals surface area contributed by atoms with Gasteiger partial charge in [0.15, 0.2) is 11.2 Å². The molecule has 0 aliphatic carbocycles. The van der Waals surface area contributed by atoms with Gasteiger partial charge in [0.05, 0.1) is 6.21 Å². The number of fused-ring (bicyclic) bond motifs is 1. The number of nitrogens with one attached hydrogen (secondary N) is 2. The summed E-state index contributed by atoms with van der Waals surface area (Å²) in [6.45, 7) is 3.16. The number of benzene rings is 2. The van der Waals surface area contributed by atoms with E-state index in [4.69, 9.17) is 4.74 Å². The number of rotatable bonds is 9. The Hall–Kier alpha value is -4.14. The van der Waals surface area contributed by atoms with Crippen LogP contribution in [0.3, 0.4) is 0 Å². The lowest BCUT2D eigenvalue weighted by Crippen LogP contribution is -2.29. The van der Waals surface area contributed by atoms with Crippen molar-refractivity contribution in [2.45, 2.75) is 32.9 Å². The fourth-order valence-corrected chi connectivity index (χ4v) is 3.41. The predicted molar refractivity (Wildman–Crippen MR) is 129 cm³/mol. The SMILES string of the molecule is CCCCn1c(N/N=C/c2ccc(OCc3ccccc3)cc2)nc2c1c(=O)[nH]c(=O)n2C. The van der Waals surface area contributed by atoms with Crippen molar-refractivity contribution < 1.29 is 4.74 Å². The van der Waals surface area contributed by atoms with Crippen LogP contribution in [0.15, 0.2) is 69.3 Å². The lowest BCUT2D eigenvalue weighted by atomic mass is 10.2. The summed E-state index contributed by atoms with van der Waals surface area (Å²) in [6, 6.07) is 17.6. The van der Waals surface area contributed by atoms with E-state index in [0.717, 1.165) is 29.7 Å². The number of aromatic nitrogens is 4. The van der Waals surface area contributed by atoms with Crippen LogP contribution in [0.25, 0.3) is 11.2 Å². The fourth-order valence-electron chi connectivity index (χ4n) is 3.41. The number of H-pyrrole nitrogens is 1. The molecule has 2 N–H and O–H groups in total. The van der Waals surface area contributed by atoms with Crippen molar-refractivity contribution in [2.75, 3.05) is 5.43 Å². The number of aryl methyl sites for hydroxylation is 2. The molecule has 4 aromatic rings. The van der Waals surface area contributed by atoms with Crippen LogP contribution >= 0.6 is 0 Å². The highest BCUT2D eigenvalue weighted by molar-refractivity contribution is 5.80. The van der Waals surface area contributed by atoms with Crippen LogP contribution in [0, 0.1) is 0 Å². The largest absolute Gasteiger partial charge is 0.489 e. The number of nitrogens with zero attached hydrogens (tertiary/aromatic N) is 4. The maximum atomic E-state index is 12.4. The second kappa shape index (κ2) is 9.99. The van der Waals surface area contributed by atoms with E-state index in [1.807, 2.05) is 54.6 Å². The van der Waals surface area contributed by atoms with Crippen molar-refractivity contribution in [1.82, 2.24) is 19.1 Å². The van der Waals surface area contributed by atoms with Crippen molar-refractivity contribution in [2.24, 2.45) is 12.1 Å². The molecular weight excluding hydrogens is 420 g/mol. The monoisotopic (exact) mass is 446 g/mol. The minimum Gasteiger partial charge on any atom is -0.489 e. The third kappa shape index (κ3) is 5.03. The number of hydrazone groups is 1. The second-order valence-electron chi connectivity index (χ2n) is 7.64. The van der Waals surface area contributed by atoms with Gasteiger partial charge in [0.1, 0.15) is 12.4 Å². The van der Waals surface area contributed by atoms with E-state index >= 15 is 0 Å². The van der Waals surface area contributed by atoms with Crippen LogP contribution in [0.5, 0.6) is 5.75 Å². The predicted octanol–water partition coefficient (Wildman–Crippen LogP) is 3.25. The molecule has 4 rings (SSSR count). The van der Waals surface area contributed by atoms with Crippen molar-refractivity contribution in [3.05, 3.63) is 86.6 Å². The summed E-state index contributed by atoms with van der Waals surface area (Å²) in [5, 5.41) is 4.28. The minimum absolute atomic E-state index is 0.317. The van der Waals surface area contributed by atoms with Crippen LogP contribution in [0.1, 0.15) is 30.9 Å². The Labute approximate surface area is 190 Å². The molecule has 2 aromatic carbocycles. The highest BCUT2D eigenvalue weighted by Gasteiger charge is 2.16. The summed E-state index contributed by atoms with van der Waals surface area (Å²) in [6.07, 6.45) is 3.47. The van der Waals surface area contributed by atoms with Gasteiger partial charge in [-0.05, 0) is 41.8 Å². The highest BCUT2D eigenvalue weighted by atomic mass is 16.5. The molecular formula is C24H26N6O3. The normalized spacial score (nSPS) is 11.3. The molecule has 0 aliphatic rings. The quantitative estimate of drug-likeness (QED) is 0.303. The molecule has 0 radical (unpaired) electrons. The average molecular weight is 447 g/mol. The van der Waals surface area contributed by atoms with Crippen LogP contribution in [0.2, 0.25) is 0 Å². The molecule has 0 saturated heterocycles. The molecule has 2 aromatic heterocycles. The van der Waals surface area contributed by atoms with Crippen molar-refractivity contribution in [3.63, 3.8) is 0 Å². The molecule has 0 bridgehead atoms. The van der Waals surface area contributed by atoms with Gasteiger partial charge in [0, 0.05) is 13.6 Å². The van der Waals surface area contributed by atoms with Crippen LogP contribution in [-0.2, 0) is 20.2 Å². The molecule has 0 aliphatic heterocycles. The Balaban J connectivity index is 1.49. The van der Waals surface area contributed by atoms with E-state index in [1.165, 1.54) is 4.57 Å². The Kier molecular flexibility index (Phi) is 6.68. The molecule has 33 heavy (non-hydrogen) atoms. The number of imidazole rings is 1. The van der Waals surface area contributed by atoms with Crippen LogP contribution in [0.4, 0.5) is 5.95 Å². The van der Waals surface area contributed by atoms with E-state index in [9.17, 15) is 9.59 Å². The molecule has 0 saturated carbocycles. The molecule has 0 spiro atoms. The zero-order chi connectivity index (χ0) is 23.2. The summed E-state index contributed by atoms with van der Waals surface area (Å²) >= 11 is 0. The topological polar surface area (TPSA) is 106 Å². The zero-order valence-corrected chi connectivity index (χ0v) is 18.6. The number of anilines is 1. The lowest BCUT2D eigenvalue weighted by molar-refractivity contribution is 0.306. The number of hydrogen-bond acceptors (Lipinski definition) is 6. The van der Waals surface area contributed by atoms with Gasteiger partial charge < -0.3 is 9.30 Å². The lowest BCUT2D eigenvalue weighted by Gasteiger charge is -2.07. The Morgan fingerprint density at radius 3 is 2.61 bits per heavy atom. The zero-order valence-electron chi connectivity index (χ0n) is 18.6. The summed E-state index contributed by atoms with van der Waals surface area (Å²) in [5.41, 5.74) is 4.60. The van der Waals surface area contributed by atoms with E-state index in [2.05, 4.69) is 27.4 Å². The van der Waals surface area contributed by atoms with Crippen LogP contribution in [-0.4, -0.2) is 25.3 Å². The summed E-state index contributed by atoms with van der Waals surface area (Å²) in [5.74, 6) is 1.18. The third-order valence-electron chi connectivity index (χ3n) is 5.25. The van der Waals surface area contributed by atoms with Gasteiger partial charge in [-0.2, -0.15) is 10.1 Å². The molecule has 2 heterocycles. The van der Waals surface area contributed by atoms with Gasteiger partial charge in [-0.25, -0.2) is 10.2 Å². The first-order valence-electron chi connectivity index (χ1n) is 10.8. The average Bonchev–Trinajstić information content (AvgIpc) is 3.20. The smallest absolute Gasteiger partial charge is 0.329 e. The second-order valence-corrected chi connectivity index (χ2v) is 7.64. The number of unbranched alkanes of at least 4 members (excludes halogenated alkanes) is 1. The molecule has 9 nitrogen and oxygen atoms in total. The number of aromatic amines is 1. The Morgan fingerprint density at radius 2 is 1.88 bits per heavy atom. The van der Waals surface area contributed by atoms with Gasteiger partial charge in [0.2, 0.25) is 5.95 Å². The summed E-state index contributed by atoms with van der Waals surface area (Å²) in [7, 11) is 1.58. The van der Waals surface area contributed by atoms with Crippen molar-refractivity contribution in [1.29, 1.82) is 0 Å². The Morgan fingerprint density at radius 1 is 1.12 bits per heavy atom. The van der Waals surface area contributed by atoms with Crippen molar-refractivity contribution >= 4 is 23.3 Å². The van der Waals surface area contributed by atoms with Crippen molar-refractivity contribution in [3.8, 4) is 5.75 Å². The fraction of sp³-hybridized carbons (Fsp3) is 0.250. The molecule has 0 fully saturated rings. The highest BCUT2D eigenvalue weighted by Crippen LogP contribution is 2.17. The first-order valence-corrected chi connectivity index (χ1v) is 10.8. The van der Waals surface area contributed by atoms with Gasteiger partial charge in [0.25, 0.3) is 5.56 Å². The van der Waals surface area contributed by atoms with Crippen LogP contribution < -0.4 is 21.4 Å². The number of ether oxygens (including phenoxy) is 1. The maximum absolute atomic E-state index is 12.4. The van der Waals surface area contributed by atoms with Gasteiger partial charge in [-0.1, -0.05) is 43.7 Å². The summed E-state index contributed by atoms with van der Waals surface area (Å²) < 4.78 is 8.89. The maximum Gasteiger partial charge on any atom is 0.329 e. The van der Waals surface area contributed by atoms with E-state index in [1.54, 1.807) is 17.8 Å². The van der Waals surface area contributed by atoms with E-state index in [0.29, 0.717) is 30.3 Å². The van der Waals surface area contributed by atoms with Gasteiger partial charge in [-0.3, -0.25) is 14.3 Å². The molecule has 0 amide bonds. The molecule has 170 valence electrons. The first kappa shape index (κ1) is 22.1. The third-order valence-corrected chi connectivity index (χ3v) is 5.25. The van der Waals surface area contributed by atoms with E-state index < -0.39 is 11.2 Å². The standard InChI is InChI=1S/C24H26N6O3/c1-3-4-14-30-20-21(29(2)24(32)27-22(20)31)26-23(30)28-25-15-17-10-12-19(13-11-17)33-16-18-8-6-5-7-9-18/h5-13,15H,3-4,14,16H2,1-2H3,(H,26,28)(H,27,31,32)/b25-15+. The van der Waals surface area contributed by atoms with E-state index in [-0.39, 0.29) is 0 Å². The number of hydrogen-bond donors (Lipinski definition) is 2. The van der Waals surface area contributed by atoms with Gasteiger partial charge in [-0.15, -0.1) is 0 Å².